The van der Waals surface area contributed by atoms with E-state index < -0.39 is 12.0 Å². The third kappa shape index (κ3) is 5.85. The molecule has 1 heterocycles. The zero-order chi connectivity index (χ0) is 14.3. The fourth-order valence-electron chi connectivity index (χ4n) is 1.84. The lowest BCUT2D eigenvalue weighted by Crippen LogP contribution is -2.35. The van der Waals surface area contributed by atoms with Gasteiger partial charge in [-0.25, -0.2) is 0 Å². The van der Waals surface area contributed by atoms with Crippen molar-refractivity contribution in [1.82, 2.24) is 10.6 Å². The average molecular weight is 284 g/mol. The molecule has 106 valence electrons. The molecule has 0 aliphatic heterocycles. The average Bonchev–Trinajstić information content (AvgIpc) is 2.80. The fourth-order valence-corrected chi connectivity index (χ4v) is 2.62. The number of thiophene rings is 1. The molecule has 0 radical (unpaired) electrons. The molecule has 0 aliphatic rings. The van der Waals surface area contributed by atoms with E-state index in [0.29, 0.717) is 6.42 Å². The van der Waals surface area contributed by atoms with Gasteiger partial charge in [-0.2, -0.15) is 0 Å². The lowest BCUT2D eigenvalue weighted by molar-refractivity contribution is -0.137. The van der Waals surface area contributed by atoms with Gasteiger partial charge in [0.05, 0.1) is 12.5 Å². The Labute approximate surface area is 117 Å². The number of carbonyl (C=O) groups is 2. The van der Waals surface area contributed by atoms with E-state index in [2.05, 4.69) is 10.6 Å². The molecule has 1 aromatic heterocycles. The molecule has 3 N–H and O–H groups in total. The van der Waals surface area contributed by atoms with Crippen LogP contribution in [-0.4, -0.2) is 29.6 Å². The van der Waals surface area contributed by atoms with E-state index >= 15 is 0 Å². The zero-order valence-electron chi connectivity index (χ0n) is 11.2. The number of hydrogen-bond donors (Lipinski definition) is 3. The van der Waals surface area contributed by atoms with E-state index in [1.807, 2.05) is 31.4 Å². The zero-order valence-corrected chi connectivity index (χ0v) is 12.0. The van der Waals surface area contributed by atoms with Crippen LogP contribution >= 0.6 is 11.3 Å². The maximum Gasteiger partial charge on any atom is 0.305 e. The van der Waals surface area contributed by atoms with Crippen LogP contribution in [0.15, 0.2) is 17.5 Å². The third-order valence-electron chi connectivity index (χ3n) is 2.64. The molecular formula is C13H20N2O3S. The molecule has 2 unspecified atom stereocenters. The summed E-state index contributed by atoms with van der Waals surface area (Å²) in [6, 6.07) is 3.33. The van der Waals surface area contributed by atoms with Crippen molar-refractivity contribution < 1.29 is 14.7 Å². The molecule has 2 atom stereocenters. The minimum atomic E-state index is -0.918. The van der Waals surface area contributed by atoms with Crippen LogP contribution in [0.3, 0.4) is 0 Å². The van der Waals surface area contributed by atoms with Crippen LogP contribution in [0.2, 0.25) is 0 Å². The second-order valence-corrected chi connectivity index (χ2v) is 5.38. The molecule has 6 heteroatoms. The van der Waals surface area contributed by atoms with E-state index in [9.17, 15) is 9.59 Å². The van der Waals surface area contributed by atoms with Crippen LogP contribution in [0.1, 0.15) is 37.6 Å². The van der Waals surface area contributed by atoms with Crippen molar-refractivity contribution in [2.75, 3.05) is 6.54 Å². The summed E-state index contributed by atoms with van der Waals surface area (Å²) in [6.45, 7) is 4.71. The molecule has 0 saturated heterocycles. The van der Waals surface area contributed by atoms with Crippen molar-refractivity contribution >= 4 is 23.2 Å². The first-order chi connectivity index (χ1) is 9.02. The first kappa shape index (κ1) is 15.7. The summed E-state index contributed by atoms with van der Waals surface area (Å²) in [6.07, 6.45) is 0.247. The number of aliphatic carboxylic acids is 1. The van der Waals surface area contributed by atoms with E-state index in [1.165, 1.54) is 11.3 Å². The molecule has 1 rings (SSSR count). The largest absolute Gasteiger partial charge is 0.481 e. The van der Waals surface area contributed by atoms with Gasteiger partial charge in [-0.05, 0) is 24.9 Å². The summed E-state index contributed by atoms with van der Waals surface area (Å²) in [5, 5.41) is 16.7. The highest BCUT2D eigenvalue weighted by atomic mass is 32.1. The standard InChI is InChI=1S/C13H20N2O3S/c1-3-14-9(2)7-12(16)15-10(8-13(17)18)11-5-4-6-19-11/h4-6,9-10,14H,3,7-8H2,1-2H3,(H,15,16)(H,17,18). The van der Waals surface area contributed by atoms with Crippen molar-refractivity contribution in [3.63, 3.8) is 0 Å². The first-order valence-corrected chi connectivity index (χ1v) is 7.18. The molecule has 19 heavy (non-hydrogen) atoms. The number of hydrogen-bond acceptors (Lipinski definition) is 4. The summed E-state index contributed by atoms with van der Waals surface area (Å²) in [7, 11) is 0. The minimum Gasteiger partial charge on any atom is -0.481 e. The fraction of sp³-hybridized carbons (Fsp3) is 0.538. The molecule has 0 aliphatic carbocycles. The molecule has 5 nitrogen and oxygen atoms in total. The van der Waals surface area contributed by atoms with Gasteiger partial charge in [0.2, 0.25) is 5.91 Å². The van der Waals surface area contributed by atoms with Crippen molar-refractivity contribution in [3.8, 4) is 0 Å². The van der Waals surface area contributed by atoms with E-state index in [0.717, 1.165) is 11.4 Å². The van der Waals surface area contributed by atoms with E-state index in [-0.39, 0.29) is 18.4 Å². The van der Waals surface area contributed by atoms with Gasteiger partial charge in [0, 0.05) is 17.3 Å². The quantitative estimate of drug-likeness (QED) is 0.680. The Balaban J connectivity index is 2.57. The summed E-state index contributed by atoms with van der Waals surface area (Å²) in [5.41, 5.74) is 0. The van der Waals surface area contributed by atoms with Gasteiger partial charge in [0.15, 0.2) is 0 Å². The minimum absolute atomic E-state index is 0.0822. The molecule has 1 amide bonds. The number of carboxylic acids is 1. The van der Waals surface area contributed by atoms with Crippen molar-refractivity contribution in [3.05, 3.63) is 22.4 Å². The molecule has 0 saturated carbocycles. The Hall–Kier alpha value is -1.40. The van der Waals surface area contributed by atoms with Crippen LogP contribution in [0.4, 0.5) is 0 Å². The van der Waals surface area contributed by atoms with Crippen LogP contribution in [0.25, 0.3) is 0 Å². The number of carboxylic acid groups (broad SMARTS) is 1. The van der Waals surface area contributed by atoms with Gasteiger partial charge >= 0.3 is 5.97 Å². The Morgan fingerprint density at radius 1 is 1.42 bits per heavy atom. The monoisotopic (exact) mass is 284 g/mol. The molecule has 1 aromatic rings. The van der Waals surface area contributed by atoms with Crippen LogP contribution in [0, 0.1) is 0 Å². The maximum absolute atomic E-state index is 11.9. The highest BCUT2D eigenvalue weighted by molar-refractivity contribution is 7.10. The Kier molecular flexibility index (Phi) is 6.52. The van der Waals surface area contributed by atoms with Crippen molar-refractivity contribution in [2.24, 2.45) is 0 Å². The maximum atomic E-state index is 11.9. The number of nitrogens with one attached hydrogen (secondary N) is 2. The Morgan fingerprint density at radius 2 is 2.16 bits per heavy atom. The molecule has 0 aromatic carbocycles. The summed E-state index contributed by atoms with van der Waals surface area (Å²) in [4.78, 5) is 23.6. The van der Waals surface area contributed by atoms with Crippen LogP contribution in [0.5, 0.6) is 0 Å². The first-order valence-electron chi connectivity index (χ1n) is 6.30. The lowest BCUT2D eigenvalue weighted by atomic mass is 10.1. The topological polar surface area (TPSA) is 78.4 Å². The highest BCUT2D eigenvalue weighted by Crippen LogP contribution is 2.22. The number of carbonyl (C=O) groups excluding carboxylic acids is 1. The summed E-state index contributed by atoms with van der Waals surface area (Å²) in [5.74, 6) is -1.05. The summed E-state index contributed by atoms with van der Waals surface area (Å²) < 4.78 is 0. The van der Waals surface area contributed by atoms with Gasteiger partial charge in [0.1, 0.15) is 0 Å². The van der Waals surface area contributed by atoms with E-state index in [1.54, 1.807) is 0 Å². The van der Waals surface area contributed by atoms with Gasteiger partial charge in [-0.3, -0.25) is 9.59 Å². The normalized spacial score (nSPS) is 13.8. The predicted octanol–water partition coefficient (Wildman–Crippen LogP) is 1.77. The smallest absolute Gasteiger partial charge is 0.305 e. The Bertz CT molecular complexity index is 406. The number of amides is 1. The second-order valence-electron chi connectivity index (χ2n) is 4.40. The van der Waals surface area contributed by atoms with Crippen LogP contribution in [-0.2, 0) is 9.59 Å². The molecule has 0 fully saturated rings. The molecular weight excluding hydrogens is 264 g/mol. The lowest BCUT2D eigenvalue weighted by Gasteiger charge is -2.17. The Morgan fingerprint density at radius 3 is 2.68 bits per heavy atom. The van der Waals surface area contributed by atoms with Crippen molar-refractivity contribution in [1.29, 1.82) is 0 Å². The molecule has 0 spiro atoms. The van der Waals surface area contributed by atoms with Crippen molar-refractivity contribution in [2.45, 2.75) is 38.8 Å². The third-order valence-corrected chi connectivity index (χ3v) is 3.63. The van der Waals surface area contributed by atoms with Gasteiger partial charge in [-0.15, -0.1) is 11.3 Å². The molecule has 0 bridgehead atoms. The van der Waals surface area contributed by atoms with Gasteiger partial charge in [-0.1, -0.05) is 13.0 Å². The van der Waals surface area contributed by atoms with E-state index in [4.69, 9.17) is 5.11 Å². The second kappa shape index (κ2) is 7.91. The van der Waals surface area contributed by atoms with Gasteiger partial charge in [0.25, 0.3) is 0 Å². The summed E-state index contributed by atoms with van der Waals surface area (Å²) >= 11 is 1.45. The van der Waals surface area contributed by atoms with Gasteiger partial charge < -0.3 is 15.7 Å². The SMILES string of the molecule is CCNC(C)CC(=O)NC(CC(=O)O)c1cccs1. The van der Waals surface area contributed by atoms with Crippen LogP contribution < -0.4 is 10.6 Å². The predicted molar refractivity (Wildman–Crippen MR) is 75.2 cm³/mol. The highest BCUT2D eigenvalue weighted by Gasteiger charge is 2.19. The number of rotatable bonds is 8.